The second-order valence-electron chi connectivity index (χ2n) is 8.24. The van der Waals surface area contributed by atoms with Crippen LogP contribution >= 0.6 is 0 Å². The van der Waals surface area contributed by atoms with Crippen LogP contribution in [0.3, 0.4) is 0 Å². The van der Waals surface area contributed by atoms with Gasteiger partial charge in [-0.15, -0.1) is 0 Å². The molecule has 2 heterocycles. The second kappa shape index (κ2) is 8.86. The Bertz CT molecular complexity index is 970. The highest BCUT2D eigenvalue weighted by Gasteiger charge is 2.29. The molecule has 0 unspecified atom stereocenters. The van der Waals surface area contributed by atoms with Crippen LogP contribution in [0.4, 0.5) is 0 Å². The number of hydrogen-bond acceptors (Lipinski definition) is 4. The van der Waals surface area contributed by atoms with Crippen LogP contribution in [0.25, 0.3) is 11.1 Å². The van der Waals surface area contributed by atoms with Crippen molar-refractivity contribution >= 4 is 5.97 Å². The number of carboxylic acid groups (broad SMARTS) is 1. The normalized spacial score (nSPS) is 20.3. The molecule has 1 aliphatic rings. The number of hydrogen-bond donors (Lipinski definition) is 1. The Labute approximate surface area is 177 Å². The van der Waals surface area contributed by atoms with Crippen LogP contribution in [0.15, 0.2) is 71.5 Å². The average molecular weight is 405 g/mol. The number of piperazine rings is 1. The molecule has 2 aromatic carbocycles. The highest BCUT2D eigenvalue weighted by atomic mass is 16.4. The molecule has 0 bridgehead atoms. The molecule has 156 valence electrons. The van der Waals surface area contributed by atoms with Gasteiger partial charge in [0.2, 0.25) is 0 Å². The molecule has 0 spiro atoms. The lowest BCUT2D eigenvalue weighted by Gasteiger charge is -2.44. The lowest BCUT2D eigenvalue weighted by molar-refractivity contribution is 0.0291. The molecular weight excluding hydrogens is 376 g/mol. The highest BCUT2D eigenvalue weighted by Crippen LogP contribution is 2.28. The minimum atomic E-state index is -0.881. The molecule has 0 saturated carbocycles. The third-order valence-electron chi connectivity index (χ3n) is 5.99. The van der Waals surface area contributed by atoms with Gasteiger partial charge < -0.3 is 9.52 Å². The summed E-state index contributed by atoms with van der Waals surface area (Å²) in [6, 6.07) is 18.6. The van der Waals surface area contributed by atoms with Crippen LogP contribution in [-0.4, -0.2) is 46.0 Å². The topological polar surface area (TPSA) is 56.9 Å². The van der Waals surface area contributed by atoms with Crippen molar-refractivity contribution in [2.45, 2.75) is 39.0 Å². The molecule has 1 aromatic heterocycles. The smallest absolute Gasteiger partial charge is 0.335 e. The van der Waals surface area contributed by atoms with Gasteiger partial charge in [-0.2, -0.15) is 0 Å². The number of carboxylic acids is 1. The minimum Gasteiger partial charge on any atom is -0.478 e. The van der Waals surface area contributed by atoms with Gasteiger partial charge in [0.25, 0.3) is 0 Å². The molecule has 1 saturated heterocycles. The van der Waals surface area contributed by atoms with Crippen molar-refractivity contribution in [1.29, 1.82) is 0 Å². The molecular formula is C25H28N2O3. The zero-order valence-electron chi connectivity index (χ0n) is 17.5. The fourth-order valence-corrected chi connectivity index (χ4v) is 4.47. The highest BCUT2D eigenvalue weighted by molar-refractivity contribution is 5.87. The van der Waals surface area contributed by atoms with E-state index in [1.807, 2.05) is 18.2 Å². The van der Waals surface area contributed by atoms with E-state index in [0.29, 0.717) is 17.6 Å². The van der Waals surface area contributed by atoms with E-state index in [4.69, 9.17) is 9.52 Å². The summed E-state index contributed by atoms with van der Waals surface area (Å²) in [6.45, 7) is 8.30. The summed E-state index contributed by atoms with van der Waals surface area (Å²) in [5, 5.41) is 9.08. The zero-order chi connectivity index (χ0) is 21.1. The van der Waals surface area contributed by atoms with Crippen molar-refractivity contribution < 1.29 is 14.3 Å². The first-order valence-electron chi connectivity index (χ1n) is 10.4. The number of nitrogens with zero attached hydrogens (tertiary/aromatic N) is 2. The van der Waals surface area contributed by atoms with E-state index in [-0.39, 0.29) is 0 Å². The maximum Gasteiger partial charge on any atom is 0.335 e. The summed E-state index contributed by atoms with van der Waals surface area (Å²) < 4.78 is 5.29. The first-order valence-corrected chi connectivity index (χ1v) is 10.4. The minimum absolute atomic E-state index is 0.335. The molecule has 4 rings (SSSR count). The summed E-state index contributed by atoms with van der Waals surface area (Å²) in [7, 11) is 0. The number of benzene rings is 2. The Kier molecular flexibility index (Phi) is 6.02. The Morgan fingerprint density at radius 3 is 2.33 bits per heavy atom. The monoisotopic (exact) mass is 404 g/mol. The Hall–Kier alpha value is -2.89. The number of carbonyl (C=O) groups is 1. The predicted molar refractivity (Wildman–Crippen MR) is 117 cm³/mol. The lowest BCUT2D eigenvalue weighted by atomic mass is 9.99. The fourth-order valence-electron chi connectivity index (χ4n) is 4.47. The van der Waals surface area contributed by atoms with Gasteiger partial charge in [0.15, 0.2) is 0 Å². The second-order valence-corrected chi connectivity index (χ2v) is 8.24. The fraction of sp³-hybridized carbons (Fsp3) is 0.320. The van der Waals surface area contributed by atoms with Gasteiger partial charge in [-0.1, -0.05) is 36.4 Å². The third-order valence-corrected chi connectivity index (χ3v) is 5.99. The molecule has 3 aromatic rings. The number of aromatic carboxylic acids is 1. The average Bonchev–Trinajstić information content (AvgIpc) is 3.26. The van der Waals surface area contributed by atoms with Gasteiger partial charge in [-0.3, -0.25) is 9.80 Å². The van der Waals surface area contributed by atoms with Crippen molar-refractivity contribution in [1.82, 2.24) is 9.80 Å². The van der Waals surface area contributed by atoms with Crippen molar-refractivity contribution in [3.05, 3.63) is 83.8 Å². The van der Waals surface area contributed by atoms with Gasteiger partial charge in [0, 0.05) is 43.8 Å². The van der Waals surface area contributed by atoms with Crippen LogP contribution < -0.4 is 0 Å². The standard InChI is InChI=1S/C25H28N2O3/c1-18-13-26(15-20-7-9-21(10-8-20)25(28)29)14-19(2)27(18)16-22-5-3-4-6-24(22)23-11-12-30-17-23/h3-12,17-19H,13-16H2,1-2H3,(H,28,29)/t18-,19+. The third kappa shape index (κ3) is 4.48. The molecule has 0 amide bonds. The quantitative estimate of drug-likeness (QED) is 0.643. The van der Waals surface area contributed by atoms with Crippen LogP contribution in [-0.2, 0) is 13.1 Å². The molecule has 30 heavy (non-hydrogen) atoms. The predicted octanol–water partition coefficient (Wildman–Crippen LogP) is 4.74. The Balaban J connectivity index is 1.43. The van der Waals surface area contributed by atoms with Crippen LogP contribution in [0, 0.1) is 0 Å². The van der Waals surface area contributed by atoms with Crippen molar-refractivity contribution in [3.63, 3.8) is 0 Å². The van der Waals surface area contributed by atoms with Gasteiger partial charge in [0.1, 0.15) is 0 Å². The molecule has 0 aliphatic carbocycles. The Morgan fingerprint density at radius 2 is 1.70 bits per heavy atom. The van der Waals surface area contributed by atoms with Crippen LogP contribution in [0.2, 0.25) is 0 Å². The van der Waals surface area contributed by atoms with Gasteiger partial charge >= 0.3 is 5.97 Å². The van der Waals surface area contributed by atoms with Crippen molar-refractivity contribution in [2.75, 3.05) is 13.1 Å². The maximum absolute atomic E-state index is 11.1. The van der Waals surface area contributed by atoms with Crippen LogP contribution in [0.1, 0.15) is 35.3 Å². The van der Waals surface area contributed by atoms with E-state index in [2.05, 4.69) is 47.9 Å². The first kappa shape index (κ1) is 20.4. The summed E-state index contributed by atoms with van der Waals surface area (Å²) in [5.74, 6) is -0.881. The molecule has 1 aliphatic heterocycles. The summed E-state index contributed by atoms with van der Waals surface area (Å²) in [5.41, 5.74) is 5.15. The van der Waals surface area contributed by atoms with Gasteiger partial charge in [-0.25, -0.2) is 4.79 Å². The van der Waals surface area contributed by atoms with Gasteiger partial charge in [0.05, 0.1) is 18.1 Å². The summed E-state index contributed by atoms with van der Waals surface area (Å²) in [6.07, 6.45) is 3.53. The lowest BCUT2D eigenvalue weighted by Crippen LogP contribution is -2.55. The first-order chi connectivity index (χ1) is 14.5. The van der Waals surface area contributed by atoms with E-state index in [0.717, 1.165) is 37.3 Å². The number of furan rings is 1. The van der Waals surface area contributed by atoms with E-state index in [1.54, 1.807) is 24.7 Å². The van der Waals surface area contributed by atoms with E-state index >= 15 is 0 Å². The summed E-state index contributed by atoms with van der Waals surface area (Å²) in [4.78, 5) is 16.1. The van der Waals surface area contributed by atoms with E-state index < -0.39 is 5.97 Å². The summed E-state index contributed by atoms with van der Waals surface area (Å²) >= 11 is 0. The molecule has 5 heteroatoms. The van der Waals surface area contributed by atoms with Crippen molar-refractivity contribution in [2.24, 2.45) is 0 Å². The molecule has 5 nitrogen and oxygen atoms in total. The Morgan fingerprint density at radius 1 is 1.00 bits per heavy atom. The molecule has 1 N–H and O–H groups in total. The van der Waals surface area contributed by atoms with Gasteiger partial charge in [-0.05, 0) is 48.7 Å². The molecule has 1 fully saturated rings. The number of rotatable bonds is 6. The molecule has 2 atom stereocenters. The van der Waals surface area contributed by atoms with Crippen LogP contribution in [0.5, 0.6) is 0 Å². The zero-order valence-corrected chi connectivity index (χ0v) is 17.5. The maximum atomic E-state index is 11.1. The van der Waals surface area contributed by atoms with E-state index in [1.165, 1.54) is 11.1 Å². The molecule has 0 radical (unpaired) electrons. The largest absolute Gasteiger partial charge is 0.478 e. The SMILES string of the molecule is C[C@@H]1CN(Cc2ccc(C(=O)O)cc2)C[C@H](C)N1Cc1ccccc1-c1ccoc1. The van der Waals surface area contributed by atoms with E-state index in [9.17, 15) is 4.79 Å². The van der Waals surface area contributed by atoms with Crippen molar-refractivity contribution in [3.8, 4) is 11.1 Å².